The number of benzene rings is 1. The minimum atomic E-state index is -4.67. The van der Waals surface area contributed by atoms with Gasteiger partial charge in [-0.2, -0.15) is 13.2 Å². The van der Waals surface area contributed by atoms with Crippen LogP contribution in [0.1, 0.15) is 36.8 Å². The van der Waals surface area contributed by atoms with E-state index in [1.807, 2.05) is 0 Å². The molecule has 0 amide bonds. The molecular weight excluding hydrogens is 315 g/mol. The maximum Gasteiger partial charge on any atom is 0.419 e. The van der Waals surface area contributed by atoms with E-state index in [1.165, 1.54) is 6.07 Å². The first-order valence-electron chi connectivity index (χ1n) is 6.60. The number of aromatic carboxylic acids is 1. The van der Waals surface area contributed by atoms with Gasteiger partial charge in [0.25, 0.3) is 0 Å². The number of rotatable bonds is 1. The zero-order chi connectivity index (χ0) is 17.6. The highest BCUT2D eigenvalue weighted by Gasteiger charge is 2.35. The van der Waals surface area contributed by atoms with Crippen LogP contribution in [0.4, 0.5) is 18.0 Å². The normalized spacial score (nSPS) is 12.4. The Bertz CT molecular complexity index is 784. The number of carboxylic acids is 1. The second-order valence-corrected chi connectivity index (χ2v) is 5.89. The van der Waals surface area contributed by atoms with E-state index < -0.39 is 35.1 Å². The molecule has 124 valence electrons. The third kappa shape index (κ3) is 3.30. The summed E-state index contributed by atoms with van der Waals surface area (Å²) in [6, 6.07) is 4.00. The lowest BCUT2D eigenvalue weighted by Gasteiger charge is -2.20. The second-order valence-electron chi connectivity index (χ2n) is 5.89. The summed E-state index contributed by atoms with van der Waals surface area (Å²) >= 11 is 0. The molecule has 0 fully saturated rings. The Morgan fingerprint density at radius 1 is 1.17 bits per heavy atom. The zero-order valence-corrected chi connectivity index (χ0v) is 12.6. The number of aromatic nitrogens is 1. The molecule has 1 aromatic heterocycles. The number of nitrogens with zero attached hydrogens (tertiary/aromatic N) is 1. The third-order valence-corrected chi connectivity index (χ3v) is 2.95. The van der Waals surface area contributed by atoms with Gasteiger partial charge in [0.05, 0.1) is 11.1 Å². The van der Waals surface area contributed by atoms with Gasteiger partial charge in [-0.15, -0.1) is 0 Å². The fourth-order valence-electron chi connectivity index (χ4n) is 2.14. The van der Waals surface area contributed by atoms with Crippen molar-refractivity contribution in [1.29, 1.82) is 0 Å². The molecule has 0 radical (unpaired) electrons. The molecule has 0 saturated heterocycles. The van der Waals surface area contributed by atoms with Crippen LogP contribution in [0.15, 0.2) is 24.3 Å². The number of carbonyl (C=O) groups is 2. The van der Waals surface area contributed by atoms with Crippen molar-refractivity contribution in [3.05, 3.63) is 35.5 Å². The van der Waals surface area contributed by atoms with Crippen LogP contribution in [0.5, 0.6) is 0 Å². The lowest BCUT2D eigenvalue weighted by molar-refractivity contribution is -0.136. The van der Waals surface area contributed by atoms with Crippen LogP contribution >= 0.6 is 0 Å². The summed E-state index contributed by atoms with van der Waals surface area (Å²) in [5.74, 6) is -1.53. The van der Waals surface area contributed by atoms with Crippen molar-refractivity contribution in [3.8, 4) is 0 Å². The molecule has 1 heterocycles. The third-order valence-electron chi connectivity index (χ3n) is 2.95. The van der Waals surface area contributed by atoms with E-state index >= 15 is 0 Å². The Balaban J connectivity index is 2.75. The molecule has 0 aliphatic carbocycles. The van der Waals surface area contributed by atoms with E-state index in [4.69, 9.17) is 4.74 Å². The van der Waals surface area contributed by atoms with Gasteiger partial charge in [-0.25, -0.2) is 14.2 Å². The number of ether oxygens (including phenoxy) is 1. The van der Waals surface area contributed by atoms with Crippen molar-refractivity contribution in [2.24, 2.45) is 0 Å². The molecule has 0 saturated carbocycles. The molecule has 23 heavy (non-hydrogen) atoms. The van der Waals surface area contributed by atoms with Gasteiger partial charge in [-0.3, -0.25) is 0 Å². The highest BCUT2D eigenvalue weighted by molar-refractivity contribution is 6.02. The Labute approximate surface area is 129 Å². The lowest BCUT2D eigenvalue weighted by Crippen LogP contribution is -2.28. The maximum absolute atomic E-state index is 13.1. The van der Waals surface area contributed by atoms with Crippen LogP contribution in [0.2, 0.25) is 0 Å². The molecule has 0 spiro atoms. The van der Waals surface area contributed by atoms with Crippen LogP contribution < -0.4 is 0 Å². The van der Waals surface area contributed by atoms with Crippen LogP contribution in [-0.4, -0.2) is 27.3 Å². The van der Waals surface area contributed by atoms with Crippen molar-refractivity contribution in [1.82, 2.24) is 4.57 Å². The maximum atomic E-state index is 13.1. The lowest BCUT2D eigenvalue weighted by atomic mass is 10.1. The second kappa shape index (κ2) is 5.29. The number of hydrogen-bond acceptors (Lipinski definition) is 3. The molecule has 5 nitrogen and oxygen atoms in total. The molecule has 8 heteroatoms. The highest BCUT2D eigenvalue weighted by Crippen LogP contribution is 2.36. The summed E-state index contributed by atoms with van der Waals surface area (Å²) in [6.07, 6.45) is -5.72. The average molecular weight is 329 g/mol. The van der Waals surface area contributed by atoms with Crippen molar-refractivity contribution < 1.29 is 32.6 Å². The summed E-state index contributed by atoms with van der Waals surface area (Å²) in [4.78, 5) is 23.5. The Hall–Kier alpha value is -2.51. The molecule has 0 aliphatic rings. The number of carbonyl (C=O) groups excluding carboxylic acids is 1. The Morgan fingerprint density at radius 2 is 1.78 bits per heavy atom. The van der Waals surface area contributed by atoms with Gasteiger partial charge in [0.1, 0.15) is 11.3 Å². The smallest absolute Gasteiger partial charge is 0.419 e. The monoisotopic (exact) mass is 329 g/mol. The first-order chi connectivity index (χ1) is 10.4. The molecule has 0 aliphatic heterocycles. The SMILES string of the molecule is CC(C)(C)OC(=O)n1c(C(=O)O)cc2c(C(F)(F)F)cccc21. The minimum absolute atomic E-state index is 0.175. The minimum Gasteiger partial charge on any atom is -0.477 e. The van der Waals surface area contributed by atoms with E-state index in [0.29, 0.717) is 4.57 Å². The number of hydrogen-bond donors (Lipinski definition) is 1. The number of fused-ring (bicyclic) bond motifs is 1. The van der Waals surface area contributed by atoms with Crippen LogP contribution in [0.25, 0.3) is 10.9 Å². The van der Waals surface area contributed by atoms with Gasteiger partial charge in [0, 0.05) is 5.39 Å². The fraction of sp³-hybridized carbons (Fsp3) is 0.333. The van der Waals surface area contributed by atoms with Crippen LogP contribution in [0, 0.1) is 0 Å². The predicted molar refractivity (Wildman–Crippen MR) is 75.5 cm³/mol. The molecule has 2 rings (SSSR count). The largest absolute Gasteiger partial charge is 0.477 e. The number of alkyl halides is 3. The van der Waals surface area contributed by atoms with Gasteiger partial charge in [-0.05, 0) is 39.0 Å². The predicted octanol–water partition coefficient (Wildman–Crippen LogP) is 4.14. The summed E-state index contributed by atoms with van der Waals surface area (Å²) in [7, 11) is 0. The first kappa shape index (κ1) is 16.9. The number of halogens is 3. The average Bonchev–Trinajstić information content (AvgIpc) is 2.74. The van der Waals surface area contributed by atoms with Gasteiger partial charge in [0.2, 0.25) is 0 Å². The highest BCUT2D eigenvalue weighted by atomic mass is 19.4. The summed E-state index contributed by atoms with van der Waals surface area (Å²) in [5, 5.41) is 8.83. The van der Waals surface area contributed by atoms with Crippen molar-refractivity contribution in [3.63, 3.8) is 0 Å². The fourth-order valence-corrected chi connectivity index (χ4v) is 2.14. The van der Waals surface area contributed by atoms with Crippen LogP contribution in [-0.2, 0) is 10.9 Å². The zero-order valence-electron chi connectivity index (χ0n) is 12.6. The molecule has 1 aromatic carbocycles. The van der Waals surface area contributed by atoms with Gasteiger partial charge in [-0.1, -0.05) is 6.07 Å². The van der Waals surface area contributed by atoms with Gasteiger partial charge in [0.15, 0.2) is 0 Å². The van der Waals surface area contributed by atoms with Crippen molar-refractivity contribution in [2.45, 2.75) is 32.5 Å². The standard InChI is InChI=1S/C15H14F3NO4/c1-14(2,3)23-13(22)19-10-6-4-5-9(15(16,17)18)8(10)7-11(19)12(20)21/h4-7H,1-3H3,(H,20,21). The topological polar surface area (TPSA) is 68.5 Å². The van der Waals surface area contributed by atoms with E-state index in [9.17, 15) is 27.9 Å². The molecule has 2 aromatic rings. The molecule has 1 N–H and O–H groups in total. The van der Waals surface area contributed by atoms with Crippen molar-refractivity contribution in [2.75, 3.05) is 0 Å². The quantitative estimate of drug-likeness (QED) is 0.854. The molecule has 0 bridgehead atoms. The Kier molecular flexibility index (Phi) is 3.88. The molecule has 0 unspecified atom stereocenters. The summed E-state index contributed by atoms with van der Waals surface area (Å²) in [5.41, 5.74) is -2.71. The van der Waals surface area contributed by atoms with Crippen LogP contribution in [0.3, 0.4) is 0 Å². The summed E-state index contributed by atoms with van der Waals surface area (Å²) < 4.78 is 44.9. The number of carboxylic acid groups (broad SMARTS) is 1. The van der Waals surface area contributed by atoms with E-state index in [-0.39, 0.29) is 10.9 Å². The summed E-state index contributed by atoms with van der Waals surface area (Å²) in [6.45, 7) is 4.70. The van der Waals surface area contributed by atoms with E-state index in [1.54, 1.807) is 20.8 Å². The van der Waals surface area contributed by atoms with Gasteiger partial charge < -0.3 is 9.84 Å². The van der Waals surface area contributed by atoms with E-state index in [0.717, 1.165) is 18.2 Å². The van der Waals surface area contributed by atoms with Crippen molar-refractivity contribution >= 4 is 23.0 Å². The van der Waals surface area contributed by atoms with Gasteiger partial charge >= 0.3 is 18.2 Å². The van der Waals surface area contributed by atoms with E-state index in [2.05, 4.69) is 0 Å². The molecular formula is C15H14F3NO4. The Morgan fingerprint density at radius 3 is 2.26 bits per heavy atom. The first-order valence-corrected chi connectivity index (χ1v) is 6.60. The molecule has 0 atom stereocenters.